The summed E-state index contributed by atoms with van der Waals surface area (Å²) in [5.74, 6) is 3.21. The minimum Gasteiger partial charge on any atom is -0.457 e. The van der Waals surface area contributed by atoms with Crippen LogP contribution in [0.25, 0.3) is 49.9 Å². The number of benzene rings is 6. The van der Waals surface area contributed by atoms with Crippen molar-refractivity contribution in [1.29, 1.82) is 0 Å². The van der Waals surface area contributed by atoms with Crippen molar-refractivity contribution in [2.24, 2.45) is 0 Å². The van der Waals surface area contributed by atoms with Gasteiger partial charge in [0, 0.05) is 51.4 Å². The molecule has 0 fully saturated rings. The predicted molar refractivity (Wildman–Crippen MR) is 273 cm³/mol. The zero-order valence-corrected chi connectivity index (χ0v) is 39.7. The molecule has 5 heteroatoms. The van der Waals surface area contributed by atoms with Gasteiger partial charge in [-0.25, -0.2) is 4.98 Å². The van der Waals surface area contributed by atoms with Crippen molar-refractivity contribution in [3.05, 3.63) is 160 Å². The Morgan fingerprint density at radius 2 is 1.36 bits per heavy atom. The van der Waals surface area contributed by atoms with Crippen molar-refractivity contribution < 1.29 is 8.85 Å². The number of hydrogen-bond acceptors (Lipinski definition) is 4. The van der Waals surface area contributed by atoms with E-state index < -0.39 is 6.98 Å². The lowest BCUT2D eigenvalue weighted by atomic mass is 9.81. The van der Waals surface area contributed by atoms with E-state index in [1.807, 2.05) is 36.5 Å². The molecule has 8 aromatic rings. The third-order valence-electron chi connectivity index (χ3n) is 13.2. The van der Waals surface area contributed by atoms with E-state index in [1.54, 1.807) is 0 Å². The number of pyridine rings is 1. The highest BCUT2D eigenvalue weighted by atomic mass is 16.5. The Balaban J connectivity index is 1.28. The molecule has 3 heterocycles. The molecular weight excluding hydrogens is 781 g/mol. The van der Waals surface area contributed by atoms with Gasteiger partial charge >= 0.3 is 0 Å². The molecule has 2 aromatic heterocycles. The van der Waals surface area contributed by atoms with Crippen LogP contribution in [0.5, 0.6) is 11.5 Å². The van der Waals surface area contributed by atoms with Crippen LogP contribution in [0, 0.1) is 20.8 Å². The predicted octanol–water partition coefficient (Wildman–Crippen LogP) is 16.4. The Hall–Kier alpha value is -6.33. The molecule has 6 aromatic carbocycles. The maximum Gasteiger partial charge on any atom is 0.137 e. The summed E-state index contributed by atoms with van der Waals surface area (Å²) in [5.41, 5.74) is 17.8. The molecule has 0 N–H and O–H groups in total. The van der Waals surface area contributed by atoms with E-state index in [0.29, 0.717) is 34.9 Å². The lowest BCUT2D eigenvalue weighted by Crippen LogP contribution is -2.24. The lowest BCUT2D eigenvalue weighted by Gasteiger charge is -2.24. The van der Waals surface area contributed by atoms with E-state index in [4.69, 9.17) is 13.8 Å². The SMILES string of the molecule is [2H]C([2H])([2H])N1CN(c2cc(Oc3ccc4c5cccc(-c6c(C(C)C)cc(C(C)C)cc6C(C)C)c5n(-c5cc(C(C)(C)C)ccn5)c4c3)cc(-c3c(C)cc(C)cc3C)c2)c2ccccc21. The van der Waals surface area contributed by atoms with Crippen LogP contribution in [0.4, 0.5) is 17.1 Å². The first-order chi connectivity index (χ1) is 31.7. The summed E-state index contributed by atoms with van der Waals surface area (Å²) in [6.45, 7) is 24.9. The highest BCUT2D eigenvalue weighted by molar-refractivity contribution is 6.14. The molecule has 0 amide bonds. The summed E-state index contributed by atoms with van der Waals surface area (Å²) in [5, 5.41) is 2.27. The summed E-state index contributed by atoms with van der Waals surface area (Å²) in [7, 11) is 0. The van der Waals surface area contributed by atoms with Crippen molar-refractivity contribution in [1.82, 2.24) is 9.55 Å². The summed E-state index contributed by atoms with van der Waals surface area (Å²) >= 11 is 0. The van der Waals surface area contributed by atoms with Gasteiger partial charge in [-0.15, -0.1) is 0 Å². The average Bonchev–Trinajstić information content (AvgIpc) is 3.82. The molecule has 0 atom stereocenters. The van der Waals surface area contributed by atoms with Gasteiger partial charge in [0.2, 0.25) is 0 Å². The highest BCUT2D eigenvalue weighted by Gasteiger charge is 2.27. The third-order valence-corrected chi connectivity index (χ3v) is 13.2. The Kier molecular flexibility index (Phi) is 10.0. The molecule has 0 radical (unpaired) electrons. The van der Waals surface area contributed by atoms with Gasteiger partial charge < -0.3 is 14.5 Å². The van der Waals surface area contributed by atoms with Crippen molar-refractivity contribution in [2.45, 2.75) is 106 Å². The van der Waals surface area contributed by atoms with Gasteiger partial charge in [-0.1, -0.05) is 122 Å². The van der Waals surface area contributed by atoms with Crippen molar-refractivity contribution in [2.75, 3.05) is 23.4 Å². The van der Waals surface area contributed by atoms with E-state index >= 15 is 0 Å². The zero-order valence-electron chi connectivity index (χ0n) is 42.7. The summed E-state index contributed by atoms with van der Waals surface area (Å²) in [4.78, 5) is 8.71. The zero-order chi connectivity index (χ0) is 47.9. The number of fused-ring (bicyclic) bond motifs is 4. The third kappa shape index (κ3) is 7.63. The molecule has 326 valence electrons. The first-order valence-electron chi connectivity index (χ1n) is 24.5. The maximum atomic E-state index is 8.43. The second-order valence-electron chi connectivity index (χ2n) is 20.0. The monoisotopic (exact) mass is 848 g/mol. The lowest BCUT2D eigenvalue weighted by molar-refractivity contribution is 0.483. The fourth-order valence-corrected chi connectivity index (χ4v) is 9.97. The first-order valence-corrected chi connectivity index (χ1v) is 23.0. The first kappa shape index (κ1) is 39.3. The van der Waals surface area contributed by atoms with Gasteiger partial charge in [-0.05, 0) is 143 Å². The van der Waals surface area contributed by atoms with Crippen LogP contribution in [0.2, 0.25) is 0 Å². The molecule has 0 aliphatic carbocycles. The number of nitrogens with zero attached hydrogens (tertiary/aromatic N) is 4. The molecule has 0 unspecified atom stereocenters. The maximum absolute atomic E-state index is 8.43. The minimum atomic E-state index is -2.31. The highest BCUT2D eigenvalue weighted by Crippen LogP contribution is 2.47. The number of ether oxygens (including phenoxy) is 1. The van der Waals surface area contributed by atoms with Gasteiger partial charge in [-0.3, -0.25) is 4.57 Å². The topological polar surface area (TPSA) is 33.5 Å². The van der Waals surface area contributed by atoms with Crippen molar-refractivity contribution in [3.8, 4) is 39.6 Å². The summed E-state index contributed by atoms with van der Waals surface area (Å²) in [6, 6.07) is 40.9. The van der Waals surface area contributed by atoms with Gasteiger partial charge in [0.1, 0.15) is 17.3 Å². The largest absolute Gasteiger partial charge is 0.457 e. The van der Waals surface area contributed by atoms with Crippen LogP contribution in [-0.2, 0) is 5.41 Å². The molecule has 0 bridgehead atoms. The number of hydrogen-bond donors (Lipinski definition) is 0. The molecule has 1 aliphatic heterocycles. The molecular formula is C59H64N4O. The van der Waals surface area contributed by atoms with E-state index in [-0.39, 0.29) is 12.1 Å². The van der Waals surface area contributed by atoms with Gasteiger partial charge in [0.15, 0.2) is 0 Å². The molecule has 0 saturated carbocycles. The van der Waals surface area contributed by atoms with E-state index in [1.165, 1.54) is 55.0 Å². The Bertz CT molecular complexity index is 3150. The fourth-order valence-electron chi connectivity index (χ4n) is 9.97. The number of aromatic nitrogens is 2. The second kappa shape index (κ2) is 16.3. The number of anilines is 3. The quantitative estimate of drug-likeness (QED) is 0.145. The molecule has 5 nitrogen and oxygen atoms in total. The van der Waals surface area contributed by atoms with E-state index in [2.05, 4.69) is 177 Å². The summed E-state index contributed by atoms with van der Waals surface area (Å²) < 4.78 is 34.7. The van der Waals surface area contributed by atoms with Crippen LogP contribution in [0.1, 0.15) is 123 Å². The number of aryl methyl sites for hydroxylation is 3. The van der Waals surface area contributed by atoms with Crippen molar-refractivity contribution >= 4 is 38.9 Å². The van der Waals surface area contributed by atoms with Crippen LogP contribution in [-0.4, -0.2) is 23.2 Å². The normalized spacial score (nSPS) is 14.0. The second-order valence-corrected chi connectivity index (χ2v) is 20.0. The van der Waals surface area contributed by atoms with Crippen LogP contribution in [0.15, 0.2) is 121 Å². The van der Waals surface area contributed by atoms with E-state index in [9.17, 15) is 0 Å². The Labute approximate surface area is 385 Å². The molecule has 64 heavy (non-hydrogen) atoms. The van der Waals surface area contributed by atoms with Crippen LogP contribution >= 0.6 is 0 Å². The number of rotatable bonds is 9. The van der Waals surface area contributed by atoms with Crippen LogP contribution < -0.4 is 14.5 Å². The van der Waals surface area contributed by atoms with E-state index in [0.717, 1.165) is 50.1 Å². The van der Waals surface area contributed by atoms with Gasteiger partial charge in [-0.2, -0.15) is 0 Å². The Morgan fingerprint density at radius 1 is 0.656 bits per heavy atom. The van der Waals surface area contributed by atoms with Crippen LogP contribution in [0.3, 0.4) is 0 Å². The van der Waals surface area contributed by atoms with Gasteiger partial charge in [0.05, 0.1) is 29.1 Å². The summed E-state index contributed by atoms with van der Waals surface area (Å²) in [6.07, 6.45) is 1.94. The fraction of sp³-hybridized carbons (Fsp3) is 0.305. The molecule has 1 aliphatic rings. The van der Waals surface area contributed by atoms with Gasteiger partial charge in [0.25, 0.3) is 0 Å². The molecule has 0 spiro atoms. The molecule has 0 saturated heterocycles. The number of para-hydroxylation sites is 3. The Morgan fingerprint density at radius 3 is 2.02 bits per heavy atom. The average molecular weight is 848 g/mol. The minimum absolute atomic E-state index is 0.0941. The molecule has 9 rings (SSSR count). The smallest absolute Gasteiger partial charge is 0.137 e. The van der Waals surface area contributed by atoms with Crippen molar-refractivity contribution in [3.63, 3.8) is 0 Å². The standard InChI is InChI=1S/C59H64N4O/c1-35(2)41-29-50(36(3)4)57(51(30-41)37(5)6)49-18-16-17-48-47-22-21-45(33-54(47)63(58(48)49)55-31-43(23-24-60-55)59(10,11)12)64-46-28-42(56-39(8)25-38(7)26-40(56)9)27-44(32-46)62-34-61(13)52-19-14-15-20-53(52)62/h14-33,35-37H,34H2,1-13H3/i13D3.